The number of nitrogen functional groups attached to an aromatic ring is 2. The van der Waals surface area contributed by atoms with Crippen molar-refractivity contribution in [1.29, 1.82) is 0 Å². The maximum Gasteiger partial charge on any atom is 0.170 e. The van der Waals surface area contributed by atoms with Gasteiger partial charge < -0.3 is 20.7 Å². The summed E-state index contributed by atoms with van der Waals surface area (Å²) in [5.41, 5.74) is 16.1. The van der Waals surface area contributed by atoms with Gasteiger partial charge in [0.25, 0.3) is 0 Å². The van der Waals surface area contributed by atoms with E-state index in [1.165, 1.54) is 0 Å². The fraction of sp³-hybridized carbons (Fsp3) is 0.136. The van der Waals surface area contributed by atoms with Crippen LogP contribution in [-0.2, 0) is 13.0 Å². The van der Waals surface area contributed by atoms with Gasteiger partial charge in [-0.2, -0.15) is 0 Å². The smallest absolute Gasteiger partial charge is 0.170 e. The van der Waals surface area contributed by atoms with Crippen molar-refractivity contribution in [1.82, 2.24) is 15.1 Å². The highest BCUT2D eigenvalue weighted by Crippen LogP contribution is 2.27. The van der Waals surface area contributed by atoms with Crippen molar-refractivity contribution in [2.45, 2.75) is 20.0 Å². The molecule has 7 nitrogen and oxygen atoms in total. The molecule has 4 N–H and O–H groups in total. The van der Waals surface area contributed by atoms with E-state index in [0.29, 0.717) is 36.0 Å². The molecule has 0 bridgehead atoms. The van der Waals surface area contributed by atoms with Gasteiger partial charge in [-0.25, -0.2) is 4.98 Å². The van der Waals surface area contributed by atoms with E-state index < -0.39 is 0 Å². The molecule has 0 saturated carbocycles. The molecule has 0 spiro atoms. The summed E-state index contributed by atoms with van der Waals surface area (Å²) >= 11 is 0. The van der Waals surface area contributed by atoms with Crippen LogP contribution in [0.3, 0.4) is 0 Å². The lowest BCUT2D eigenvalue weighted by atomic mass is 10.1. The maximum atomic E-state index is 5.91. The molecular weight excluding hydrogens is 366 g/mol. The Morgan fingerprint density at radius 1 is 0.966 bits per heavy atom. The van der Waals surface area contributed by atoms with Gasteiger partial charge in [0.15, 0.2) is 5.76 Å². The number of benzene rings is 1. The van der Waals surface area contributed by atoms with Crippen LogP contribution >= 0.6 is 0 Å². The van der Waals surface area contributed by atoms with Gasteiger partial charge in [0.05, 0.1) is 17.0 Å². The van der Waals surface area contributed by atoms with E-state index in [9.17, 15) is 0 Å². The molecule has 0 aliphatic carbocycles. The largest absolute Gasteiger partial charge is 0.487 e. The quantitative estimate of drug-likeness (QED) is 0.517. The third kappa shape index (κ3) is 4.52. The summed E-state index contributed by atoms with van der Waals surface area (Å²) < 4.78 is 11.2. The molecule has 7 heteroatoms. The zero-order valence-corrected chi connectivity index (χ0v) is 16.0. The Balaban J connectivity index is 1.39. The fourth-order valence-electron chi connectivity index (χ4n) is 2.87. The summed E-state index contributed by atoms with van der Waals surface area (Å²) in [6.07, 6.45) is 2.47. The van der Waals surface area contributed by atoms with Crippen LogP contribution in [0.5, 0.6) is 5.75 Å². The van der Waals surface area contributed by atoms with Crippen molar-refractivity contribution in [3.63, 3.8) is 0 Å². The summed E-state index contributed by atoms with van der Waals surface area (Å²) in [5, 5.41) is 4.13. The molecule has 0 fully saturated rings. The number of aryl methyl sites for hydroxylation is 1. The van der Waals surface area contributed by atoms with E-state index in [1.54, 1.807) is 12.1 Å². The Morgan fingerprint density at radius 3 is 2.52 bits per heavy atom. The Morgan fingerprint density at radius 2 is 1.79 bits per heavy atom. The van der Waals surface area contributed by atoms with Crippen molar-refractivity contribution in [3.8, 4) is 17.1 Å². The first-order chi connectivity index (χ1) is 14.1. The number of nitrogens with zero attached hydrogens (tertiary/aromatic N) is 3. The number of pyridine rings is 2. The Labute approximate surface area is 168 Å². The van der Waals surface area contributed by atoms with Crippen LogP contribution in [-0.4, -0.2) is 15.1 Å². The molecule has 0 radical (unpaired) electrons. The minimum Gasteiger partial charge on any atom is -0.487 e. The summed E-state index contributed by atoms with van der Waals surface area (Å²) in [6, 6.07) is 17.2. The van der Waals surface area contributed by atoms with E-state index in [4.69, 9.17) is 20.7 Å². The number of hydrogen-bond donors (Lipinski definition) is 2. The third-order valence-electron chi connectivity index (χ3n) is 4.44. The van der Waals surface area contributed by atoms with Gasteiger partial charge >= 0.3 is 0 Å². The van der Waals surface area contributed by atoms with E-state index in [2.05, 4.69) is 15.1 Å². The molecule has 3 aromatic heterocycles. The number of aromatic nitrogens is 3. The van der Waals surface area contributed by atoms with E-state index in [1.807, 2.05) is 55.6 Å². The van der Waals surface area contributed by atoms with Crippen molar-refractivity contribution in [3.05, 3.63) is 83.3 Å². The topological polar surface area (TPSA) is 113 Å². The SMILES string of the molecule is Cc1ccc(COc2ccc(Cc3cc(-c4ccc(N)nc4N)on3)cc2)nc1. The minimum atomic E-state index is 0.317. The van der Waals surface area contributed by atoms with Gasteiger partial charge in [-0.05, 0) is 48.4 Å². The second-order valence-electron chi connectivity index (χ2n) is 6.79. The van der Waals surface area contributed by atoms with Gasteiger partial charge in [-0.1, -0.05) is 23.4 Å². The minimum absolute atomic E-state index is 0.317. The molecule has 0 amide bonds. The predicted octanol–water partition coefficient (Wildman–Crippen LogP) is 3.77. The lowest BCUT2D eigenvalue weighted by Crippen LogP contribution is -1.98. The number of anilines is 2. The highest BCUT2D eigenvalue weighted by atomic mass is 16.5. The van der Waals surface area contributed by atoms with Gasteiger partial charge in [0, 0.05) is 18.7 Å². The first-order valence-electron chi connectivity index (χ1n) is 9.18. The number of nitrogens with two attached hydrogens (primary N) is 2. The second-order valence-corrected chi connectivity index (χ2v) is 6.79. The van der Waals surface area contributed by atoms with Crippen LogP contribution in [0.15, 0.2) is 65.3 Å². The second kappa shape index (κ2) is 8.02. The number of hydrogen-bond acceptors (Lipinski definition) is 7. The standard InChI is InChI=1S/C22H21N5O2/c1-14-2-5-16(25-12-14)13-28-18-6-3-15(4-7-18)10-17-11-20(29-27-17)19-8-9-21(23)26-22(19)24/h2-9,11-12H,10,13H2,1H3,(H4,23,24,26). The summed E-state index contributed by atoms with van der Waals surface area (Å²) in [4.78, 5) is 8.39. The molecule has 0 atom stereocenters. The van der Waals surface area contributed by atoms with Crippen LogP contribution in [0.2, 0.25) is 0 Å². The Kier molecular flexibility index (Phi) is 5.11. The molecule has 3 heterocycles. The molecule has 0 aliphatic rings. The molecular formula is C22H21N5O2. The Hall–Kier alpha value is -3.87. The van der Waals surface area contributed by atoms with Crippen LogP contribution in [0.1, 0.15) is 22.5 Å². The third-order valence-corrected chi connectivity index (χ3v) is 4.44. The summed E-state index contributed by atoms with van der Waals surface area (Å²) in [6.45, 7) is 2.44. The lowest BCUT2D eigenvalue weighted by molar-refractivity contribution is 0.301. The zero-order valence-electron chi connectivity index (χ0n) is 16.0. The maximum absolute atomic E-state index is 5.91. The highest BCUT2D eigenvalue weighted by molar-refractivity contribution is 5.71. The average molecular weight is 387 g/mol. The molecule has 4 aromatic rings. The van der Waals surface area contributed by atoms with Crippen molar-refractivity contribution < 1.29 is 9.26 Å². The van der Waals surface area contributed by atoms with Gasteiger partial charge in [-0.3, -0.25) is 4.98 Å². The Bertz CT molecular complexity index is 1110. The van der Waals surface area contributed by atoms with Gasteiger partial charge in [0.1, 0.15) is 24.0 Å². The average Bonchev–Trinajstić information content (AvgIpc) is 3.17. The van der Waals surface area contributed by atoms with Crippen LogP contribution < -0.4 is 16.2 Å². The lowest BCUT2D eigenvalue weighted by Gasteiger charge is -2.06. The van der Waals surface area contributed by atoms with Crippen LogP contribution in [0.25, 0.3) is 11.3 Å². The fourth-order valence-corrected chi connectivity index (χ4v) is 2.87. The van der Waals surface area contributed by atoms with E-state index >= 15 is 0 Å². The summed E-state index contributed by atoms with van der Waals surface area (Å²) in [7, 11) is 0. The van der Waals surface area contributed by atoms with E-state index in [0.717, 1.165) is 28.3 Å². The van der Waals surface area contributed by atoms with Crippen LogP contribution in [0, 0.1) is 6.92 Å². The van der Waals surface area contributed by atoms with Crippen molar-refractivity contribution in [2.24, 2.45) is 0 Å². The number of ether oxygens (including phenoxy) is 1. The normalized spacial score (nSPS) is 10.8. The first kappa shape index (κ1) is 18.5. The van der Waals surface area contributed by atoms with Gasteiger partial charge in [0.2, 0.25) is 0 Å². The monoisotopic (exact) mass is 387 g/mol. The zero-order chi connectivity index (χ0) is 20.2. The number of rotatable bonds is 6. The van der Waals surface area contributed by atoms with Crippen molar-refractivity contribution >= 4 is 11.6 Å². The van der Waals surface area contributed by atoms with Crippen molar-refractivity contribution in [2.75, 3.05) is 11.5 Å². The highest BCUT2D eigenvalue weighted by Gasteiger charge is 2.11. The molecule has 0 aliphatic heterocycles. The molecule has 0 saturated heterocycles. The molecule has 4 rings (SSSR count). The van der Waals surface area contributed by atoms with E-state index in [-0.39, 0.29) is 0 Å². The molecule has 1 aromatic carbocycles. The molecule has 146 valence electrons. The van der Waals surface area contributed by atoms with Crippen LogP contribution in [0.4, 0.5) is 11.6 Å². The molecule has 29 heavy (non-hydrogen) atoms. The predicted molar refractivity (Wildman–Crippen MR) is 111 cm³/mol. The summed E-state index contributed by atoms with van der Waals surface area (Å²) in [5.74, 6) is 2.04. The molecule has 0 unspecified atom stereocenters. The first-order valence-corrected chi connectivity index (χ1v) is 9.18. The van der Waals surface area contributed by atoms with Gasteiger partial charge in [-0.15, -0.1) is 0 Å².